The van der Waals surface area contributed by atoms with Crippen LogP contribution in [0, 0.1) is 3.57 Å². The van der Waals surface area contributed by atoms with Crippen LogP contribution in [-0.4, -0.2) is 12.6 Å². The quantitative estimate of drug-likeness (QED) is 0.595. The van der Waals surface area contributed by atoms with E-state index >= 15 is 0 Å². The smallest absolute Gasteiger partial charge is 0.0175 e. The molecule has 0 saturated heterocycles. The Morgan fingerprint density at radius 1 is 1.05 bits per heavy atom. The fourth-order valence-corrected chi connectivity index (χ4v) is 3.17. The van der Waals surface area contributed by atoms with Crippen molar-refractivity contribution >= 4 is 38.5 Å². The molecule has 0 spiro atoms. The van der Waals surface area contributed by atoms with Gasteiger partial charge >= 0.3 is 0 Å². The zero-order chi connectivity index (χ0) is 14.7. The Kier molecular flexibility index (Phi) is 5.35. The van der Waals surface area contributed by atoms with Gasteiger partial charge in [-0.3, -0.25) is 0 Å². The normalized spacial score (nSPS) is 15.9. The van der Waals surface area contributed by atoms with Gasteiger partial charge in [-0.05, 0) is 77.2 Å². The Hall–Kier alpha value is -0.390. The Morgan fingerprint density at radius 3 is 2.33 bits per heavy atom. The summed E-state index contributed by atoms with van der Waals surface area (Å²) in [6.07, 6.45) is 3.78. The molecule has 2 aromatic rings. The number of rotatable bonds is 6. The van der Waals surface area contributed by atoms with Crippen molar-refractivity contribution in [3.8, 4) is 0 Å². The Bertz CT molecular complexity index is 575. The zero-order valence-corrected chi connectivity index (χ0v) is 15.6. The Morgan fingerprint density at radius 2 is 1.71 bits per heavy atom. The van der Waals surface area contributed by atoms with Crippen molar-refractivity contribution in [1.82, 2.24) is 5.32 Å². The van der Waals surface area contributed by atoms with Gasteiger partial charge in [-0.1, -0.05) is 40.2 Å². The molecule has 0 amide bonds. The highest BCUT2D eigenvalue weighted by Gasteiger charge is 2.22. The van der Waals surface area contributed by atoms with E-state index in [0.29, 0.717) is 5.92 Å². The molecule has 1 aliphatic rings. The van der Waals surface area contributed by atoms with Crippen LogP contribution in [0.1, 0.15) is 29.9 Å². The summed E-state index contributed by atoms with van der Waals surface area (Å²) in [4.78, 5) is 0. The van der Waals surface area contributed by atoms with Crippen molar-refractivity contribution in [2.45, 2.75) is 31.2 Å². The predicted octanol–water partition coefficient (Wildman–Crippen LogP) is 5.13. The molecule has 1 N–H and O–H groups in total. The van der Waals surface area contributed by atoms with E-state index in [2.05, 4.69) is 92.4 Å². The number of benzene rings is 2. The first-order valence-electron chi connectivity index (χ1n) is 7.44. The van der Waals surface area contributed by atoms with Crippen molar-refractivity contribution < 1.29 is 0 Å². The van der Waals surface area contributed by atoms with Gasteiger partial charge in [0, 0.05) is 26.5 Å². The number of nitrogens with one attached hydrogen (secondary N) is 1. The van der Waals surface area contributed by atoms with Crippen molar-refractivity contribution in [2.75, 3.05) is 6.54 Å². The van der Waals surface area contributed by atoms with Crippen LogP contribution in [0.3, 0.4) is 0 Å². The maximum atomic E-state index is 3.69. The molecule has 1 fully saturated rings. The summed E-state index contributed by atoms with van der Waals surface area (Å²) < 4.78 is 2.45. The van der Waals surface area contributed by atoms with Crippen LogP contribution in [-0.2, 0) is 6.42 Å². The summed E-state index contributed by atoms with van der Waals surface area (Å²) in [5.74, 6) is 0.541. The molecule has 21 heavy (non-hydrogen) atoms. The number of hydrogen-bond acceptors (Lipinski definition) is 1. The van der Waals surface area contributed by atoms with Crippen molar-refractivity contribution in [2.24, 2.45) is 0 Å². The third-order valence-corrected chi connectivity index (χ3v) is 5.21. The number of halogens is 2. The van der Waals surface area contributed by atoms with Crippen molar-refractivity contribution in [1.29, 1.82) is 0 Å². The van der Waals surface area contributed by atoms with E-state index in [1.165, 1.54) is 27.5 Å². The molecule has 1 atom stereocenters. The van der Waals surface area contributed by atoms with Crippen LogP contribution in [0.4, 0.5) is 0 Å². The first-order chi connectivity index (χ1) is 10.2. The van der Waals surface area contributed by atoms with Crippen LogP contribution < -0.4 is 5.32 Å². The van der Waals surface area contributed by atoms with Crippen LogP contribution in [0.2, 0.25) is 0 Å². The van der Waals surface area contributed by atoms with Gasteiger partial charge in [0.05, 0.1) is 0 Å². The van der Waals surface area contributed by atoms with E-state index in [1.807, 2.05) is 0 Å². The molecule has 3 rings (SSSR count). The lowest BCUT2D eigenvalue weighted by molar-refractivity contribution is 0.577. The van der Waals surface area contributed by atoms with Gasteiger partial charge < -0.3 is 5.32 Å². The van der Waals surface area contributed by atoms with E-state index in [-0.39, 0.29) is 0 Å². The molecule has 110 valence electrons. The molecule has 0 radical (unpaired) electrons. The van der Waals surface area contributed by atoms with E-state index in [1.54, 1.807) is 0 Å². The van der Waals surface area contributed by atoms with Gasteiger partial charge in [0.25, 0.3) is 0 Å². The van der Waals surface area contributed by atoms with Gasteiger partial charge in [0.15, 0.2) is 0 Å². The molecule has 3 heteroatoms. The van der Waals surface area contributed by atoms with E-state index in [9.17, 15) is 0 Å². The van der Waals surface area contributed by atoms with Gasteiger partial charge in [0.2, 0.25) is 0 Å². The van der Waals surface area contributed by atoms with Gasteiger partial charge in [-0.2, -0.15) is 0 Å². The highest BCUT2D eigenvalue weighted by atomic mass is 127. The van der Waals surface area contributed by atoms with Gasteiger partial charge in [-0.25, -0.2) is 0 Å². The minimum Gasteiger partial charge on any atom is -0.313 e. The molecule has 0 aliphatic heterocycles. The second kappa shape index (κ2) is 7.25. The SMILES string of the molecule is Brc1ccc(C(CNC2CC2)Cc2ccc(I)cc2)cc1. The molecule has 0 aromatic heterocycles. The average Bonchev–Trinajstić information content (AvgIpc) is 3.31. The van der Waals surface area contributed by atoms with Gasteiger partial charge in [-0.15, -0.1) is 0 Å². The third-order valence-electron chi connectivity index (χ3n) is 3.97. The fraction of sp³-hybridized carbons (Fsp3) is 0.333. The molecule has 1 saturated carbocycles. The summed E-state index contributed by atoms with van der Waals surface area (Å²) in [6.45, 7) is 1.07. The van der Waals surface area contributed by atoms with E-state index < -0.39 is 0 Å². The average molecular weight is 456 g/mol. The summed E-state index contributed by atoms with van der Waals surface area (Å²) in [6, 6.07) is 18.5. The molecular weight excluding hydrogens is 437 g/mol. The fourth-order valence-electron chi connectivity index (χ4n) is 2.54. The minimum absolute atomic E-state index is 0.541. The molecule has 0 bridgehead atoms. The second-order valence-electron chi connectivity index (χ2n) is 5.76. The maximum absolute atomic E-state index is 3.69. The van der Waals surface area contributed by atoms with Crippen LogP contribution in [0.25, 0.3) is 0 Å². The highest BCUT2D eigenvalue weighted by Crippen LogP contribution is 2.25. The van der Waals surface area contributed by atoms with Crippen LogP contribution >= 0.6 is 38.5 Å². The molecular formula is C18H19BrIN. The lowest BCUT2D eigenvalue weighted by atomic mass is 9.92. The largest absolute Gasteiger partial charge is 0.313 e. The standard InChI is InChI=1S/C18H19BrIN/c19-16-5-3-14(4-6-16)15(12-21-18-9-10-18)11-13-1-7-17(20)8-2-13/h1-8,15,18,21H,9-12H2. The molecule has 0 heterocycles. The van der Waals surface area contributed by atoms with Crippen molar-refractivity contribution in [3.63, 3.8) is 0 Å². The maximum Gasteiger partial charge on any atom is 0.0175 e. The van der Waals surface area contributed by atoms with E-state index in [0.717, 1.165) is 23.5 Å². The Balaban J connectivity index is 1.73. The lowest BCUT2D eigenvalue weighted by Gasteiger charge is -2.18. The molecule has 1 aliphatic carbocycles. The number of hydrogen-bond donors (Lipinski definition) is 1. The van der Waals surface area contributed by atoms with Crippen molar-refractivity contribution in [3.05, 3.63) is 67.7 Å². The highest BCUT2D eigenvalue weighted by molar-refractivity contribution is 14.1. The second-order valence-corrected chi connectivity index (χ2v) is 7.92. The summed E-state index contributed by atoms with van der Waals surface area (Å²) in [5.41, 5.74) is 2.84. The van der Waals surface area contributed by atoms with Gasteiger partial charge in [0.1, 0.15) is 0 Å². The predicted molar refractivity (Wildman–Crippen MR) is 101 cm³/mol. The molecule has 1 nitrogen and oxygen atoms in total. The zero-order valence-electron chi connectivity index (χ0n) is 11.9. The topological polar surface area (TPSA) is 12.0 Å². The first kappa shape index (κ1) is 15.5. The monoisotopic (exact) mass is 455 g/mol. The lowest BCUT2D eigenvalue weighted by Crippen LogP contribution is -2.24. The van der Waals surface area contributed by atoms with E-state index in [4.69, 9.17) is 0 Å². The first-order valence-corrected chi connectivity index (χ1v) is 9.31. The summed E-state index contributed by atoms with van der Waals surface area (Å²) >= 11 is 5.89. The van der Waals surface area contributed by atoms with Crippen LogP contribution in [0.5, 0.6) is 0 Å². The summed E-state index contributed by atoms with van der Waals surface area (Å²) in [5, 5.41) is 3.69. The molecule has 2 aromatic carbocycles. The summed E-state index contributed by atoms with van der Waals surface area (Å²) in [7, 11) is 0. The third kappa shape index (κ3) is 4.80. The Labute approximate surface area is 148 Å². The van der Waals surface area contributed by atoms with Crippen LogP contribution in [0.15, 0.2) is 53.0 Å². The minimum atomic E-state index is 0.541. The molecule has 1 unspecified atom stereocenters.